The Labute approximate surface area is 113 Å². The predicted molar refractivity (Wildman–Crippen MR) is 66.8 cm³/mol. The van der Waals surface area contributed by atoms with Gasteiger partial charge in [-0.2, -0.15) is 13.2 Å². The van der Waals surface area contributed by atoms with E-state index >= 15 is 0 Å². The molecule has 106 valence electrons. The number of carbonyl (C=O) groups excluding carboxylic acids is 1. The molecule has 1 amide bonds. The van der Waals surface area contributed by atoms with E-state index in [1.807, 2.05) is 0 Å². The fraction of sp³-hybridized carbons (Fsp3) is 0.417. The Bertz CT molecular complexity index is 463. The lowest BCUT2D eigenvalue weighted by Gasteiger charge is -2.15. The molecule has 0 radical (unpaired) electrons. The maximum absolute atomic E-state index is 12.7. The van der Waals surface area contributed by atoms with Crippen molar-refractivity contribution in [1.82, 2.24) is 5.32 Å². The van der Waals surface area contributed by atoms with Crippen LogP contribution in [-0.2, 0) is 17.4 Å². The minimum Gasteiger partial charge on any atom is -0.352 e. The summed E-state index contributed by atoms with van der Waals surface area (Å²) in [5.41, 5.74) is 4.71. The Morgan fingerprint density at radius 3 is 2.63 bits per heavy atom. The average Bonchev–Trinajstić information content (AvgIpc) is 2.29. The van der Waals surface area contributed by atoms with Crippen LogP contribution in [-0.4, -0.2) is 18.5 Å². The molecule has 0 aliphatic rings. The molecular formula is C12H14ClF3N2O. The lowest BCUT2D eigenvalue weighted by molar-refractivity contribution is -0.137. The maximum Gasteiger partial charge on any atom is 0.417 e. The van der Waals surface area contributed by atoms with Gasteiger partial charge in [0.05, 0.1) is 17.1 Å². The highest BCUT2D eigenvalue weighted by Crippen LogP contribution is 2.35. The van der Waals surface area contributed by atoms with Gasteiger partial charge >= 0.3 is 6.18 Å². The van der Waals surface area contributed by atoms with E-state index in [0.29, 0.717) is 5.56 Å². The van der Waals surface area contributed by atoms with Gasteiger partial charge in [0.25, 0.3) is 0 Å². The first-order chi connectivity index (χ1) is 8.74. The highest BCUT2D eigenvalue weighted by Gasteiger charge is 2.33. The van der Waals surface area contributed by atoms with E-state index in [9.17, 15) is 18.0 Å². The van der Waals surface area contributed by atoms with Crippen molar-refractivity contribution in [1.29, 1.82) is 0 Å². The summed E-state index contributed by atoms with van der Waals surface area (Å²) in [4.78, 5) is 11.1. The second kappa shape index (κ2) is 6.25. The summed E-state index contributed by atoms with van der Waals surface area (Å²) in [6.07, 6.45) is -4.22. The van der Waals surface area contributed by atoms with Crippen molar-refractivity contribution >= 4 is 17.5 Å². The minimum atomic E-state index is -4.49. The maximum atomic E-state index is 12.7. The Morgan fingerprint density at radius 1 is 1.47 bits per heavy atom. The number of amides is 1. The predicted octanol–water partition coefficient (Wildman–Crippen LogP) is 2.36. The van der Waals surface area contributed by atoms with Crippen molar-refractivity contribution in [3.8, 4) is 0 Å². The van der Waals surface area contributed by atoms with Gasteiger partial charge < -0.3 is 11.1 Å². The van der Waals surface area contributed by atoms with Gasteiger partial charge in [-0.1, -0.05) is 17.7 Å². The second-order valence-electron chi connectivity index (χ2n) is 4.19. The standard InChI is InChI=1S/C12H14ClF3N2O/c1-7(18-11(19)6-17)4-8-2-3-10(13)9(5-8)12(14,15)16/h2-3,5,7H,4,6,17H2,1H3,(H,18,19). The van der Waals surface area contributed by atoms with E-state index < -0.39 is 11.7 Å². The van der Waals surface area contributed by atoms with E-state index in [1.54, 1.807) is 6.92 Å². The molecule has 0 saturated heterocycles. The summed E-state index contributed by atoms with van der Waals surface area (Å²) in [6, 6.07) is 3.39. The van der Waals surface area contributed by atoms with Gasteiger partial charge in [0, 0.05) is 6.04 Å². The van der Waals surface area contributed by atoms with Crippen LogP contribution in [0.2, 0.25) is 5.02 Å². The monoisotopic (exact) mass is 294 g/mol. The molecule has 0 aliphatic heterocycles. The number of hydrogen-bond donors (Lipinski definition) is 2. The van der Waals surface area contributed by atoms with Crippen LogP contribution in [0.4, 0.5) is 13.2 Å². The normalized spacial score (nSPS) is 13.2. The fourth-order valence-electron chi connectivity index (χ4n) is 1.65. The van der Waals surface area contributed by atoms with Crippen LogP contribution in [0.3, 0.4) is 0 Å². The zero-order chi connectivity index (χ0) is 14.6. The zero-order valence-corrected chi connectivity index (χ0v) is 11.0. The zero-order valence-electron chi connectivity index (χ0n) is 10.2. The molecule has 19 heavy (non-hydrogen) atoms. The largest absolute Gasteiger partial charge is 0.417 e. The van der Waals surface area contributed by atoms with Crippen molar-refractivity contribution in [2.45, 2.75) is 25.6 Å². The molecule has 0 fully saturated rings. The van der Waals surface area contributed by atoms with Gasteiger partial charge in [0.1, 0.15) is 0 Å². The molecule has 0 aliphatic carbocycles. The topological polar surface area (TPSA) is 55.1 Å². The third kappa shape index (κ3) is 4.72. The molecule has 1 aromatic rings. The van der Waals surface area contributed by atoms with Crippen LogP contribution in [0.1, 0.15) is 18.1 Å². The molecule has 1 atom stereocenters. The Balaban J connectivity index is 2.83. The second-order valence-corrected chi connectivity index (χ2v) is 4.60. The Hall–Kier alpha value is -1.27. The van der Waals surface area contributed by atoms with E-state index in [1.165, 1.54) is 12.1 Å². The molecule has 3 nitrogen and oxygen atoms in total. The fourth-order valence-corrected chi connectivity index (χ4v) is 1.88. The quantitative estimate of drug-likeness (QED) is 0.896. The first-order valence-electron chi connectivity index (χ1n) is 5.59. The van der Waals surface area contributed by atoms with E-state index in [4.69, 9.17) is 17.3 Å². The summed E-state index contributed by atoms with van der Waals surface area (Å²) in [7, 11) is 0. The Morgan fingerprint density at radius 2 is 2.11 bits per heavy atom. The van der Waals surface area contributed by atoms with Crippen LogP contribution in [0.5, 0.6) is 0 Å². The summed E-state index contributed by atoms with van der Waals surface area (Å²) < 4.78 is 38.0. The van der Waals surface area contributed by atoms with E-state index in [2.05, 4.69) is 5.32 Å². The van der Waals surface area contributed by atoms with Gasteiger partial charge in [-0.3, -0.25) is 4.79 Å². The van der Waals surface area contributed by atoms with Crippen LogP contribution < -0.4 is 11.1 Å². The number of nitrogens with one attached hydrogen (secondary N) is 1. The highest BCUT2D eigenvalue weighted by molar-refractivity contribution is 6.31. The number of hydrogen-bond acceptors (Lipinski definition) is 2. The number of halogens is 4. The SMILES string of the molecule is CC(Cc1ccc(Cl)c(C(F)(F)F)c1)NC(=O)CN. The van der Waals surface area contributed by atoms with E-state index in [0.717, 1.165) is 6.07 Å². The minimum absolute atomic E-state index is 0.154. The van der Waals surface area contributed by atoms with Crippen molar-refractivity contribution < 1.29 is 18.0 Å². The average molecular weight is 295 g/mol. The molecular weight excluding hydrogens is 281 g/mol. The summed E-state index contributed by atoms with van der Waals surface area (Å²) >= 11 is 5.52. The summed E-state index contributed by atoms with van der Waals surface area (Å²) in [5.74, 6) is -0.350. The summed E-state index contributed by atoms with van der Waals surface area (Å²) in [6.45, 7) is 1.54. The van der Waals surface area contributed by atoms with Crippen LogP contribution >= 0.6 is 11.6 Å². The molecule has 3 N–H and O–H groups in total. The molecule has 0 bridgehead atoms. The van der Waals surface area contributed by atoms with E-state index in [-0.39, 0.29) is 29.9 Å². The van der Waals surface area contributed by atoms with Gasteiger partial charge in [-0.25, -0.2) is 0 Å². The third-order valence-corrected chi connectivity index (χ3v) is 2.80. The number of alkyl halides is 3. The van der Waals surface area contributed by atoms with Gasteiger partial charge in [0.2, 0.25) is 5.91 Å². The molecule has 0 heterocycles. The highest BCUT2D eigenvalue weighted by atomic mass is 35.5. The molecule has 0 aromatic heterocycles. The lowest BCUT2D eigenvalue weighted by atomic mass is 10.0. The molecule has 0 spiro atoms. The summed E-state index contributed by atoms with van der Waals surface area (Å²) in [5, 5.41) is 2.23. The smallest absolute Gasteiger partial charge is 0.352 e. The van der Waals surface area contributed by atoms with Crippen LogP contribution in [0, 0.1) is 0 Å². The molecule has 1 rings (SSSR count). The number of carbonyl (C=O) groups is 1. The Kier molecular flexibility index (Phi) is 5.20. The number of nitrogens with two attached hydrogens (primary N) is 1. The van der Waals surface area contributed by atoms with Crippen LogP contribution in [0.25, 0.3) is 0 Å². The van der Waals surface area contributed by atoms with Crippen molar-refractivity contribution in [2.24, 2.45) is 5.73 Å². The molecule has 0 saturated carbocycles. The van der Waals surface area contributed by atoms with Crippen molar-refractivity contribution in [3.05, 3.63) is 34.3 Å². The number of benzene rings is 1. The molecule has 1 unspecified atom stereocenters. The van der Waals surface area contributed by atoms with Crippen molar-refractivity contribution in [3.63, 3.8) is 0 Å². The lowest BCUT2D eigenvalue weighted by Crippen LogP contribution is -2.38. The third-order valence-electron chi connectivity index (χ3n) is 2.47. The van der Waals surface area contributed by atoms with Crippen molar-refractivity contribution in [2.75, 3.05) is 6.54 Å². The van der Waals surface area contributed by atoms with Gasteiger partial charge in [-0.15, -0.1) is 0 Å². The first-order valence-corrected chi connectivity index (χ1v) is 5.97. The van der Waals surface area contributed by atoms with Crippen LogP contribution in [0.15, 0.2) is 18.2 Å². The first kappa shape index (κ1) is 15.8. The number of rotatable bonds is 4. The van der Waals surface area contributed by atoms with Gasteiger partial charge in [0.15, 0.2) is 0 Å². The molecule has 7 heteroatoms. The van der Waals surface area contributed by atoms with Gasteiger partial charge in [-0.05, 0) is 31.0 Å². The molecule has 1 aromatic carbocycles.